The highest BCUT2D eigenvalue weighted by Crippen LogP contribution is 2.32. The Bertz CT molecular complexity index is 656. The molecule has 114 valence electrons. The number of benzene rings is 1. The van der Waals surface area contributed by atoms with Gasteiger partial charge in [0.25, 0.3) is 0 Å². The van der Waals surface area contributed by atoms with E-state index in [0.29, 0.717) is 37.4 Å². The number of hydrogen-bond donors (Lipinski definition) is 1. The predicted molar refractivity (Wildman–Crippen MR) is 74.6 cm³/mol. The fraction of sp³-hybridized carbons (Fsp3) is 0.462. The SMILES string of the molecule is CN1CCN(n2c(C(F)(F)F)nc3cc(N)ccc32)CC1. The van der Waals surface area contributed by atoms with Crippen molar-refractivity contribution >= 4 is 16.7 Å². The molecule has 0 amide bonds. The van der Waals surface area contributed by atoms with E-state index in [2.05, 4.69) is 9.88 Å². The van der Waals surface area contributed by atoms with Crippen LogP contribution >= 0.6 is 0 Å². The third-order valence-electron chi connectivity index (χ3n) is 3.67. The van der Waals surface area contributed by atoms with Gasteiger partial charge in [-0.3, -0.25) is 0 Å². The van der Waals surface area contributed by atoms with Crippen LogP contribution in [-0.4, -0.2) is 47.8 Å². The molecule has 1 aliphatic rings. The number of anilines is 1. The summed E-state index contributed by atoms with van der Waals surface area (Å²) in [6.07, 6.45) is -4.50. The monoisotopic (exact) mass is 299 g/mol. The van der Waals surface area contributed by atoms with E-state index in [1.165, 1.54) is 10.7 Å². The summed E-state index contributed by atoms with van der Waals surface area (Å²) in [4.78, 5) is 5.83. The van der Waals surface area contributed by atoms with Crippen molar-refractivity contribution in [1.29, 1.82) is 0 Å². The second-order valence-electron chi connectivity index (χ2n) is 5.25. The van der Waals surface area contributed by atoms with Crippen molar-refractivity contribution < 1.29 is 13.2 Å². The van der Waals surface area contributed by atoms with Crippen LogP contribution in [0.2, 0.25) is 0 Å². The minimum atomic E-state index is -4.50. The molecule has 0 saturated carbocycles. The van der Waals surface area contributed by atoms with E-state index in [-0.39, 0.29) is 5.52 Å². The number of halogens is 3. The zero-order valence-electron chi connectivity index (χ0n) is 11.6. The number of nitrogens with two attached hydrogens (primary N) is 1. The van der Waals surface area contributed by atoms with Crippen LogP contribution in [0, 0.1) is 0 Å². The largest absolute Gasteiger partial charge is 0.451 e. The first-order chi connectivity index (χ1) is 9.86. The molecular weight excluding hydrogens is 283 g/mol. The average molecular weight is 299 g/mol. The van der Waals surface area contributed by atoms with Crippen LogP contribution in [0.5, 0.6) is 0 Å². The van der Waals surface area contributed by atoms with Crippen LogP contribution in [0.3, 0.4) is 0 Å². The summed E-state index contributed by atoms with van der Waals surface area (Å²) in [5, 5.41) is 1.69. The van der Waals surface area contributed by atoms with Gasteiger partial charge in [0.15, 0.2) is 0 Å². The molecule has 1 aromatic carbocycles. The molecule has 1 aliphatic heterocycles. The zero-order chi connectivity index (χ0) is 15.2. The molecule has 2 N–H and O–H groups in total. The highest BCUT2D eigenvalue weighted by atomic mass is 19.4. The van der Waals surface area contributed by atoms with Crippen LogP contribution in [-0.2, 0) is 6.18 Å². The van der Waals surface area contributed by atoms with Gasteiger partial charge >= 0.3 is 6.18 Å². The normalized spacial score (nSPS) is 17.6. The quantitative estimate of drug-likeness (QED) is 0.811. The topological polar surface area (TPSA) is 50.3 Å². The number of piperazine rings is 1. The lowest BCUT2D eigenvalue weighted by Gasteiger charge is -2.35. The Labute approximate surface area is 119 Å². The molecule has 0 aliphatic carbocycles. The second-order valence-corrected chi connectivity index (χ2v) is 5.25. The summed E-state index contributed by atoms with van der Waals surface area (Å²) in [6, 6.07) is 4.65. The third kappa shape index (κ3) is 2.51. The van der Waals surface area contributed by atoms with E-state index in [9.17, 15) is 13.2 Å². The minimum Gasteiger partial charge on any atom is -0.399 e. The molecule has 3 rings (SSSR count). The number of aromatic nitrogens is 2. The molecular formula is C13H16F3N5. The van der Waals surface area contributed by atoms with E-state index in [1.807, 2.05) is 7.05 Å². The Kier molecular flexibility index (Phi) is 3.20. The molecule has 5 nitrogen and oxygen atoms in total. The smallest absolute Gasteiger partial charge is 0.399 e. The number of likely N-dealkylation sites (N-methyl/N-ethyl adjacent to an activating group) is 1. The standard InChI is InChI=1S/C13H16F3N5/c1-19-4-6-20(7-5-19)21-11-3-2-9(17)8-10(11)18-12(21)13(14,15)16/h2-3,8H,4-7,17H2,1H3. The highest BCUT2D eigenvalue weighted by molar-refractivity contribution is 5.80. The molecule has 1 aromatic heterocycles. The van der Waals surface area contributed by atoms with Gasteiger partial charge in [-0.15, -0.1) is 0 Å². The Morgan fingerprint density at radius 3 is 2.43 bits per heavy atom. The number of hydrogen-bond acceptors (Lipinski definition) is 4. The van der Waals surface area contributed by atoms with Gasteiger partial charge in [0.1, 0.15) is 0 Å². The summed E-state index contributed by atoms with van der Waals surface area (Å²) < 4.78 is 41.0. The van der Waals surface area contributed by atoms with Crippen LogP contribution in [0.1, 0.15) is 5.82 Å². The van der Waals surface area contributed by atoms with Gasteiger partial charge in [-0.25, -0.2) is 9.66 Å². The first kappa shape index (κ1) is 14.0. The van der Waals surface area contributed by atoms with E-state index < -0.39 is 12.0 Å². The lowest BCUT2D eigenvalue weighted by molar-refractivity contribution is -0.147. The fourth-order valence-electron chi connectivity index (χ4n) is 2.55. The summed E-state index contributed by atoms with van der Waals surface area (Å²) in [5.74, 6) is -0.896. The fourth-order valence-corrected chi connectivity index (χ4v) is 2.55. The van der Waals surface area contributed by atoms with E-state index in [4.69, 9.17) is 5.73 Å². The maximum absolute atomic E-state index is 13.3. The van der Waals surface area contributed by atoms with Gasteiger partial charge < -0.3 is 15.6 Å². The highest BCUT2D eigenvalue weighted by Gasteiger charge is 2.39. The van der Waals surface area contributed by atoms with Crippen LogP contribution in [0.15, 0.2) is 18.2 Å². The average Bonchev–Trinajstić information content (AvgIpc) is 2.78. The third-order valence-corrected chi connectivity index (χ3v) is 3.67. The number of fused-ring (bicyclic) bond motifs is 1. The van der Waals surface area contributed by atoms with Crippen molar-refractivity contribution in [3.8, 4) is 0 Å². The van der Waals surface area contributed by atoms with Gasteiger partial charge in [0.2, 0.25) is 5.82 Å². The predicted octanol–water partition coefficient (Wildman–Crippen LogP) is 1.52. The Morgan fingerprint density at radius 2 is 1.81 bits per heavy atom. The lowest BCUT2D eigenvalue weighted by atomic mass is 10.3. The Morgan fingerprint density at radius 1 is 1.14 bits per heavy atom. The molecule has 21 heavy (non-hydrogen) atoms. The maximum atomic E-state index is 13.3. The van der Waals surface area contributed by atoms with Crippen LogP contribution < -0.4 is 10.7 Å². The Balaban J connectivity index is 2.14. The Hall–Kier alpha value is -1.96. The molecule has 0 spiro atoms. The van der Waals surface area contributed by atoms with E-state index >= 15 is 0 Å². The molecule has 0 atom stereocenters. The number of alkyl halides is 3. The van der Waals surface area contributed by atoms with E-state index in [1.54, 1.807) is 17.1 Å². The summed E-state index contributed by atoms with van der Waals surface area (Å²) in [5.41, 5.74) is 6.74. The number of rotatable bonds is 1. The van der Waals surface area contributed by atoms with Crippen molar-refractivity contribution in [3.05, 3.63) is 24.0 Å². The molecule has 1 saturated heterocycles. The van der Waals surface area contributed by atoms with Crippen molar-refractivity contribution in [3.63, 3.8) is 0 Å². The van der Waals surface area contributed by atoms with Gasteiger partial charge in [-0.2, -0.15) is 13.2 Å². The molecule has 2 heterocycles. The van der Waals surface area contributed by atoms with Crippen LogP contribution in [0.4, 0.5) is 18.9 Å². The summed E-state index contributed by atoms with van der Waals surface area (Å²) >= 11 is 0. The lowest BCUT2D eigenvalue weighted by Crippen LogP contribution is -2.50. The maximum Gasteiger partial charge on any atom is 0.451 e. The molecule has 1 fully saturated rings. The molecule has 2 aromatic rings. The molecule has 0 radical (unpaired) electrons. The van der Waals surface area contributed by atoms with Gasteiger partial charge in [0.05, 0.1) is 11.0 Å². The first-order valence-electron chi connectivity index (χ1n) is 6.65. The van der Waals surface area contributed by atoms with Gasteiger partial charge in [0, 0.05) is 31.9 Å². The number of nitrogen functional groups attached to an aromatic ring is 1. The minimum absolute atomic E-state index is 0.265. The van der Waals surface area contributed by atoms with Crippen molar-refractivity contribution in [2.75, 3.05) is 44.0 Å². The second kappa shape index (κ2) is 4.80. The first-order valence-corrected chi connectivity index (χ1v) is 6.65. The molecule has 0 unspecified atom stereocenters. The number of nitrogens with zero attached hydrogens (tertiary/aromatic N) is 4. The zero-order valence-corrected chi connectivity index (χ0v) is 11.6. The number of imidazole rings is 1. The molecule has 8 heteroatoms. The summed E-state index contributed by atoms with van der Waals surface area (Å²) in [6.45, 7) is 2.47. The van der Waals surface area contributed by atoms with Crippen LogP contribution in [0.25, 0.3) is 11.0 Å². The molecule has 0 bridgehead atoms. The van der Waals surface area contributed by atoms with Crippen molar-refractivity contribution in [2.45, 2.75) is 6.18 Å². The van der Waals surface area contributed by atoms with Gasteiger partial charge in [-0.05, 0) is 25.2 Å². The van der Waals surface area contributed by atoms with Crippen molar-refractivity contribution in [1.82, 2.24) is 14.6 Å². The van der Waals surface area contributed by atoms with E-state index in [0.717, 1.165) is 0 Å². The van der Waals surface area contributed by atoms with Gasteiger partial charge in [-0.1, -0.05) is 0 Å². The van der Waals surface area contributed by atoms with Crippen molar-refractivity contribution in [2.24, 2.45) is 0 Å². The summed E-state index contributed by atoms with van der Waals surface area (Å²) in [7, 11) is 1.95.